The standard InChI is InChI=1S/C41H35F4N5O4/c42-35-22-27(21-34(23-35)41(43,44)45)25-47-39(52)40(24-32-9-4-5-10-33(32)26-48-50-46)37(30-13-11-29(12-14-30)28-7-2-1-3-8-28)54-38(49-40)31-15-17-36(18-16-31)53-20-6-19-51/h1-5,7-18,21-23,37,51H,6,19-20,24-26H2,(H,47,52)/t37-,40-/m1/s1. The van der Waals surface area contributed by atoms with Crippen LogP contribution in [0.5, 0.6) is 5.75 Å². The minimum absolute atomic E-state index is 0.0144. The van der Waals surface area contributed by atoms with Crippen LogP contribution in [0.15, 0.2) is 131 Å². The fraction of sp³-hybridized carbons (Fsp3) is 0.220. The van der Waals surface area contributed by atoms with E-state index in [9.17, 15) is 22.4 Å². The molecule has 1 aliphatic heterocycles. The van der Waals surface area contributed by atoms with Gasteiger partial charge >= 0.3 is 6.18 Å². The molecule has 0 saturated heterocycles. The van der Waals surface area contributed by atoms with Crippen LogP contribution in [0.3, 0.4) is 0 Å². The van der Waals surface area contributed by atoms with Crippen molar-refractivity contribution in [2.24, 2.45) is 10.1 Å². The molecule has 1 heterocycles. The maximum absolute atomic E-state index is 14.8. The minimum atomic E-state index is -4.80. The van der Waals surface area contributed by atoms with Crippen molar-refractivity contribution in [3.05, 3.63) is 171 Å². The average molecular weight is 738 g/mol. The van der Waals surface area contributed by atoms with Gasteiger partial charge in [0.2, 0.25) is 5.90 Å². The molecule has 0 spiro atoms. The molecule has 0 aliphatic carbocycles. The van der Waals surface area contributed by atoms with E-state index in [1.54, 1.807) is 48.5 Å². The van der Waals surface area contributed by atoms with Crippen LogP contribution in [0.4, 0.5) is 17.6 Å². The number of hydrogen-bond donors (Lipinski definition) is 2. The summed E-state index contributed by atoms with van der Waals surface area (Å²) in [5.74, 6) is -1.11. The molecule has 5 aromatic rings. The van der Waals surface area contributed by atoms with Gasteiger partial charge in [0.25, 0.3) is 5.91 Å². The van der Waals surface area contributed by atoms with Gasteiger partial charge < -0.3 is 19.9 Å². The highest BCUT2D eigenvalue weighted by Crippen LogP contribution is 2.44. The Morgan fingerprint density at radius 2 is 1.57 bits per heavy atom. The first-order valence-corrected chi connectivity index (χ1v) is 17.1. The highest BCUT2D eigenvalue weighted by Gasteiger charge is 2.53. The third kappa shape index (κ3) is 8.71. The van der Waals surface area contributed by atoms with Crippen LogP contribution in [0.25, 0.3) is 21.6 Å². The fourth-order valence-corrected chi connectivity index (χ4v) is 6.30. The summed E-state index contributed by atoms with van der Waals surface area (Å²) in [4.78, 5) is 22.6. The number of amides is 1. The molecule has 13 heteroatoms. The predicted octanol–water partition coefficient (Wildman–Crippen LogP) is 8.90. The van der Waals surface area contributed by atoms with Crippen LogP contribution in [0.1, 0.15) is 45.9 Å². The Labute approximate surface area is 308 Å². The maximum atomic E-state index is 14.8. The first kappa shape index (κ1) is 37.6. The number of alkyl halides is 3. The molecule has 0 unspecified atom stereocenters. The molecule has 0 radical (unpaired) electrons. The molecule has 5 aromatic carbocycles. The van der Waals surface area contributed by atoms with Gasteiger partial charge in [0.1, 0.15) is 11.6 Å². The zero-order valence-corrected chi connectivity index (χ0v) is 28.8. The zero-order chi connectivity index (χ0) is 38.1. The normalized spacial score (nSPS) is 16.5. The van der Waals surface area contributed by atoms with Gasteiger partial charge in [-0.05, 0) is 81.4 Å². The Bertz CT molecular complexity index is 2160. The molecule has 1 amide bonds. The number of benzene rings is 5. The number of hydrogen-bond acceptors (Lipinski definition) is 6. The molecule has 2 atom stereocenters. The summed E-state index contributed by atoms with van der Waals surface area (Å²) >= 11 is 0. The number of azide groups is 1. The third-order valence-corrected chi connectivity index (χ3v) is 8.97. The Hall–Kier alpha value is -6.17. The minimum Gasteiger partial charge on any atom is -0.494 e. The van der Waals surface area contributed by atoms with Gasteiger partial charge in [-0.1, -0.05) is 84.0 Å². The second-order valence-corrected chi connectivity index (χ2v) is 12.6. The number of ether oxygens (including phenoxy) is 2. The molecule has 0 bridgehead atoms. The van der Waals surface area contributed by atoms with E-state index in [-0.39, 0.29) is 31.0 Å². The number of aliphatic hydroxyl groups is 1. The van der Waals surface area contributed by atoms with E-state index < -0.39 is 41.7 Å². The van der Waals surface area contributed by atoms with Gasteiger partial charge in [0.05, 0.1) is 18.7 Å². The first-order valence-electron chi connectivity index (χ1n) is 17.1. The molecule has 9 nitrogen and oxygen atoms in total. The van der Waals surface area contributed by atoms with Crippen LogP contribution in [0, 0.1) is 5.82 Å². The highest BCUT2D eigenvalue weighted by molar-refractivity contribution is 6.01. The zero-order valence-electron chi connectivity index (χ0n) is 28.8. The number of nitrogens with one attached hydrogen (secondary N) is 1. The smallest absolute Gasteiger partial charge is 0.416 e. The van der Waals surface area contributed by atoms with Crippen molar-refractivity contribution < 1.29 is 36.9 Å². The number of nitrogens with zero attached hydrogens (tertiary/aromatic N) is 4. The summed E-state index contributed by atoms with van der Waals surface area (Å²) in [6, 6.07) is 33.2. The van der Waals surface area contributed by atoms with Crippen molar-refractivity contribution in [1.82, 2.24) is 5.32 Å². The quantitative estimate of drug-likeness (QED) is 0.0388. The number of halogens is 4. The molecule has 276 valence electrons. The van der Waals surface area contributed by atoms with Crippen molar-refractivity contribution in [3.8, 4) is 16.9 Å². The third-order valence-electron chi connectivity index (χ3n) is 8.97. The molecule has 6 rings (SSSR count). The van der Waals surface area contributed by atoms with Gasteiger partial charge in [0.15, 0.2) is 11.6 Å². The summed E-state index contributed by atoms with van der Waals surface area (Å²) in [6.45, 7) is -0.163. The lowest BCUT2D eigenvalue weighted by atomic mass is 9.80. The number of aliphatic hydroxyl groups excluding tert-OH is 1. The fourth-order valence-electron chi connectivity index (χ4n) is 6.30. The van der Waals surface area contributed by atoms with Crippen LogP contribution >= 0.6 is 0 Å². The summed E-state index contributed by atoms with van der Waals surface area (Å²) in [6.07, 6.45) is -5.46. The summed E-state index contributed by atoms with van der Waals surface area (Å²) in [5.41, 5.74) is 10.3. The maximum Gasteiger partial charge on any atom is 0.416 e. The van der Waals surface area contributed by atoms with Gasteiger partial charge in [0, 0.05) is 36.5 Å². The van der Waals surface area contributed by atoms with Gasteiger partial charge in [-0.3, -0.25) is 4.79 Å². The molecule has 1 aliphatic rings. The van der Waals surface area contributed by atoms with E-state index in [0.29, 0.717) is 47.1 Å². The Kier molecular flexibility index (Phi) is 11.6. The van der Waals surface area contributed by atoms with Gasteiger partial charge in [-0.15, -0.1) is 0 Å². The highest BCUT2D eigenvalue weighted by atomic mass is 19.4. The lowest BCUT2D eigenvalue weighted by Crippen LogP contribution is -2.49. The monoisotopic (exact) mass is 737 g/mol. The van der Waals surface area contributed by atoms with Crippen molar-refractivity contribution in [2.75, 3.05) is 13.2 Å². The van der Waals surface area contributed by atoms with Crippen molar-refractivity contribution in [2.45, 2.75) is 43.8 Å². The van der Waals surface area contributed by atoms with E-state index in [1.165, 1.54) is 0 Å². The Morgan fingerprint density at radius 3 is 2.26 bits per heavy atom. The molecule has 0 saturated carbocycles. The van der Waals surface area contributed by atoms with Crippen LogP contribution in [0.2, 0.25) is 0 Å². The van der Waals surface area contributed by atoms with E-state index in [1.807, 2.05) is 54.6 Å². The summed E-state index contributed by atoms with van der Waals surface area (Å²) < 4.78 is 67.4. The molecule has 54 heavy (non-hydrogen) atoms. The predicted molar refractivity (Wildman–Crippen MR) is 195 cm³/mol. The van der Waals surface area contributed by atoms with E-state index in [4.69, 9.17) is 25.1 Å². The Balaban J connectivity index is 1.45. The van der Waals surface area contributed by atoms with Gasteiger partial charge in [-0.2, -0.15) is 13.2 Å². The van der Waals surface area contributed by atoms with Crippen molar-refractivity contribution >= 4 is 11.8 Å². The number of aliphatic imine (C=N–C) groups is 1. The lowest BCUT2D eigenvalue weighted by molar-refractivity contribution is -0.137. The van der Waals surface area contributed by atoms with Crippen molar-refractivity contribution in [1.29, 1.82) is 0 Å². The van der Waals surface area contributed by atoms with E-state index in [2.05, 4.69) is 15.3 Å². The second-order valence-electron chi connectivity index (χ2n) is 12.6. The Morgan fingerprint density at radius 1 is 0.907 bits per heavy atom. The SMILES string of the molecule is [N-]=[N+]=NCc1ccccc1C[C@@]1(C(=O)NCc2cc(F)cc(C(F)(F)F)c2)N=C(c2ccc(OCCCO)cc2)O[C@@H]1c1ccc(-c2ccccc2)cc1. The molecule has 2 N–H and O–H groups in total. The van der Waals surface area contributed by atoms with E-state index in [0.717, 1.165) is 23.3 Å². The second kappa shape index (κ2) is 16.7. The first-order chi connectivity index (χ1) is 26.1. The van der Waals surface area contributed by atoms with E-state index >= 15 is 0 Å². The van der Waals surface area contributed by atoms with Crippen LogP contribution in [-0.4, -0.2) is 35.7 Å². The largest absolute Gasteiger partial charge is 0.494 e. The lowest BCUT2D eigenvalue weighted by Gasteiger charge is -2.31. The summed E-state index contributed by atoms with van der Waals surface area (Å²) in [7, 11) is 0. The topological polar surface area (TPSA) is 129 Å². The number of rotatable bonds is 14. The molecule has 0 fully saturated rings. The summed E-state index contributed by atoms with van der Waals surface area (Å²) in [5, 5.41) is 15.6. The molecular formula is C41H35F4N5O4. The van der Waals surface area contributed by atoms with Crippen molar-refractivity contribution in [3.63, 3.8) is 0 Å². The van der Waals surface area contributed by atoms with Crippen LogP contribution < -0.4 is 10.1 Å². The average Bonchev–Trinajstić information content (AvgIpc) is 3.57. The molecule has 0 aromatic heterocycles. The van der Waals surface area contributed by atoms with Gasteiger partial charge in [-0.25, -0.2) is 9.38 Å². The number of carbonyl (C=O) groups excluding carboxylic acids is 1. The number of carbonyl (C=O) groups is 1. The molecular weight excluding hydrogens is 702 g/mol. The van der Waals surface area contributed by atoms with Crippen LogP contribution in [-0.2, 0) is 35.2 Å².